The Morgan fingerprint density at radius 1 is 1.75 bits per heavy atom. The predicted molar refractivity (Wildman–Crippen MR) is 46.5 cm³/mol. The van der Waals surface area contributed by atoms with Crippen LogP contribution in [0.5, 0.6) is 0 Å². The van der Waals surface area contributed by atoms with Gasteiger partial charge >= 0.3 is 0 Å². The minimum absolute atomic E-state index is 0.118. The normalized spacial score (nSPS) is 9.00. The summed E-state index contributed by atoms with van der Waals surface area (Å²) >= 11 is 9.98. The first-order valence-corrected chi connectivity index (χ1v) is 3.77. The van der Waals surface area contributed by atoms with Crippen molar-refractivity contribution in [2.24, 2.45) is 0 Å². The molecule has 1 rings (SSSR count). The largest absolute Gasteiger partial charge is 0.352 e. The lowest BCUT2D eigenvalue weighted by molar-refractivity contribution is 0.108. The molecule has 1 aromatic rings. The highest BCUT2D eigenvalue weighted by Crippen LogP contribution is 2.10. The predicted octanol–water partition coefficient (Wildman–Crippen LogP) is 1.99. The molecule has 0 saturated heterocycles. The summed E-state index contributed by atoms with van der Waals surface area (Å²) in [7, 11) is 0. The van der Waals surface area contributed by atoms with Crippen LogP contribution in [0.2, 0.25) is 0 Å². The summed E-state index contributed by atoms with van der Waals surface area (Å²) in [5, 5.41) is 7.93. The molecule has 1 N–H and O–H groups in total. The SMILES string of the molecule is N#Cc1c(C(=O)Cl)cc[nH]c1=S. The standard InChI is InChI=1S/C7H3ClN2OS/c8-6(11)4-1-2-10-7(12)5(4)3-9/h1-2H,(H,10,12). The number of hydrogen-bond donors (Lipinski definition) is 1. The molecule has 0 aliphatic carbocycles. The van der Waals surface area contributed by atoms with E-state index < -0.39 is 5.24 Å². The van der Waals surface area contributed by atoms with Crippen molar-refractivity contribution in [3.8, 4) is 6.07 Å². The van der Waals surface area contributed by atoms with E-state index in [0.717, 1.165) is 0 Å². The van der Waals surface area contributed by atoms with Gasteiger partial charge in [-0.15, -0.1) is 0 Å². The van der Waals surface area contributed by atoms with E-state index in [1.807, 2.05) is 0 Å². The zero-order valence-electron chi connectivity index (χ0n) is 5.80. The second-order valence-corrected chi connectivity index (χ2v) is 2.73. The lowest BCUT2D eigenvalue weighted by Crippen LogP contribution is -1.95. The molecule has 0 amide bonds. The van der Waals surface area contributed by atoms with Crippen molar-refractivity contribution in [3.63, 3.8) is 0 Å². The molecule has 0 atom stereocenters. The zero-order chi connectivity index (χ0) is 9.14. The summed E-state index contributed by atoms with van der Waals surface area (Å²) in [5.41, 5.74) is 0.260. The molecule has 5 heteroatoms. The minimum Gasteiger partial charge on any atom is -0.352 e. The molecule has 60 valence electrons. The number of H-pyrrole nitrogens is 1. The van der Waals surface area contributed by atoms with E-state index in [1.165, 1.54) is 12.3 Å². The fraction of sp³-hybridized carbons (Fsp3) is 0. The highest BCUT2D eigenvalue weighted by Gasteiger charge is 2.08. The molecule has 0 saturated carbocycles. The fourth-order valence-corrected chi connectivity index (χ4v) is 1.13. The zero-order valence-corrected chi connectivity index (χ0v) is 7.37. The number of rotatable bonds is 1. The average Bonchev–Trinajstić information content (AvgIpc) is 2.03. The van der Waals surface area contributed by atoms with Crippen molar-refractivity contribution < 1.29 is 4.79 Å². The van der Waals surface area contributed by atoms with E-state index in [4.69, 9.17) is 29.1 Å². The third-order valence-electron chi connectivity index (χ3n) is 1.28. The summed E-state index contributed by atoms with van der Waals surface area (Å²) in [6, 6.07) is 3.22. The van der Waals surface area contributed by atoms with Crippen molar-refractivity contribution in [3.05, 3.63) is 28.0 Å². The van der Waals surface area contributed by atoms with Crippen LogP contribution in [0.3, 0.4) is 0 Å². The second kappa shape index (κ2) is 3.48. The topological polar surface area (TPSA) is 56.6 Å². The van der Waals surface area contributed by atoms with Crippen molar-refractivity contribution >= 4 is 29.1 Å². The highest BCUT2D eigenvalue weighted by atomic mass is 35.5. The Bertz CT molecular complexity index is 418. The van der Waals surface area contributed by atoms with Gasteiger partial charge in [-0.05, 0) is 17.7 Å². The summed E-state index contributed by atoms with van der Waals surface area (Å²) in [6.07, 6.45) is 1.47. The summed E-state index contributed by atoms with van der Waals surface area (Å²) < 4.78 is 0.226. The van der Waals surface area contributed by atoms with Crippen LogP contribution in [0.1, 0.15) is 15.9 Å². The van der Waals surface area contributed by atoms with E-state index in [2.05, 4.69) is 4.98 Å². The number of hydrogen-bond acceptors (Lipinski definition) is 3. The average molecular weight is 199 g/mol. The van der Waals surface area contributed by atoms with Crippen molar-refractivity contribution in [2.75, 3.05) is 0 Å². The van der Waals surface area contributed by atoms with Crippen molar-refractivity contribution in [1.29, 1.82) is 5.26 Å². The number of nitrogens with zero attached hydrogens (tertiary/aromatic N) is 1. The molecule has 12 heavy (non-hydrogen) atoms. The highest BCUT2D eigenvalue weighted by molar-refractivity contribution is 7.71. The Morgan fingerprint density at radius 2 is 2.42 bits per heavy atom. The van der Waals surface area contributed by atoms with E-state index >= 15 is 0 Å². The third kappa shape index (κ3) is 1.52. The maximum atomic E-state index is 10.7. The van der Waals surface area contributed by atoms with Crippen LogP contribution in [-0.2, 0) is 0 Å². The quantitative estimate of drug-likeness (QED) is 0.555. The van der Waals surface area contributed by atoms with Crippen LogP contribution < -0.4 is 0 Å². The smallest absolute Gasteiger partial charge is 0.253 e. The number of pyridine rings is 1. The Labute approximate surface area is 78.6 Å². The Kier molecular flexibility index (Phi) is 2.58. The summed E-state index contributed by atoms with van der Waals surface area (Å²) in [6.45, 7) is 0. The van der Waals surface area contributed by atoms with Gasteiger partial charge in [0.2, 0.25) is 0 Å². The second-order valence-electron chi connectivity index (χ2n) is 1.98. The van der Waals surface area contributed by atoms with Crippen LogP contribution in [0, 0.1) is 16.0 Å². The van der Waals surface area contributed by atoms with Gasteiger partial charge in [0.1, 0.15) is 10.7 Å². The van der Waals surface area contributed by atoms with Gasteiger partial charge in [-0.3, -0.25) is 4.79 Å². The monoisotopic (exact) mass is 198 g/mol. The maximum absolute atomic E-state index is 10.7. The van der Waals surface area contributed by atoms with Gasteiger partial charge in [-0.1, -0.05) is 12.2 Å². The number of carbonyl (C=O) groups excluding carboxylic acids is 1. The number of halogens is 1. The molecule has 0 spiro atoms. The first kappa shape index (κ1) is 8.91. The molecule has 1 aromatic heterocycles. The van der Waals surface area contributed by atoms with Crippen LogP contribution in [0.15, 0.2) is 12.3 Å². The molecular weight excluding hydrogens is 196 g/mol. The molecule has 0 fully saturated rings. The van der Waals surface area contributed by atoms with Crippen molar-refractivity contribution in [2.45, 2.75) is 0 Å². The Hall–Kier alpha value is -1.18. The number of nitriles is 1. The van der Waals surface area contributed by atoms with Gasteiger partial charge in [-0.25, -0.2) is 0 Å². The minimum atomic E-state index is -0.674. The van der Waals surface area contributed by atoms with Crippen LogP contribution in [0.25, 0.3) is 0 Å². The molecule has 3 nitrogen and oxygen atoms in total. The van der Waals surface area contributed by atoms with Crippen LogP contribution in [-0.4, -0.2) is 10.2 Å². The number of aromatic amines is 1. The Morgan fingerprint density at radius 3 is 2.83 bits per heavy atom. The van der Waals surface area contributed by atoms with Gasteiger partial charge < -0.3 is 4.98 Å². The van der Waals surface area contributed by atoms with Gasteiger partial charge in [0.15, 0.2) is 0 Å². The molecule has 0 aliphatic rings. The molecule has 0 bridgehead atoms. The van der Waals surface area contributed by atoms with Crippen LogP contribution >= 0.6 is 23.8 Å². The number of carbonyl (C=O) groups is 1. The Balaban J connectivity index is 3.51. The first-order valence-electron chi connectivity index (χ1n) is 2.98. The maximum Gasteiger partial charge on any atom is 0.253 e. The van der Waals surface area contributed by atoms with E-state index in [0.29, 0.717) is 0 Å². The molecule has 1 heterocycles. The van der Waals surface area contributed by atoms with Gasteiger partial charge in [0, 0.05) is 6.20 Å². The summed E-state index contributed by atoms with van der Waals surface area (Å²) in [5.74, 6) is 0. The molecule has 0 aromatic carbocycles. The third-order valence-corrected chi connectivity index (χ3v) is 1.81. The summed E-state index contributed by atoms with van der Waals surface area (Å²) in [4.78, 5) is 13.4. The first-order chi connectivity index (χ1) is 5.66. The van der Waals surface area contributed by atoms with E-state index in [1.54, 1.807) is 6.07 Å². The molecule has 0 aliphatic heterocycles. The fourth-order valence-electron chi connectivity index (χ4n) is 0.753. The van der Waals surface area contributed by atoms with Crippen LogP contribution in [0.4, 0.5) is 0 Å². The number of nitrogens with one attached hydrogen (secondary N) is 1. The lowest BCUT2D eigenvalue weighted by Gasteiger charge is -1.95. The van der Waals surface area contributed by atoms with Gasteiger partial charge in [0.05, 0.1) is 11.1 Å². The van der Waals surface area contributed by atoms with E-state index in [-0.39, 0.29) is 15.8 Å². The lowest BCUT2D eigenvalue weighted by atomic mass is 10.2. The number of aromatic nitrogens is 1. The van der Waals surface area contributed by atoms with Crippen molar-refractivity contribution in [1.82, 2.24) is 4.98 Å². The van der Waals surface area contributed by atoms with E-state index in [9.17, 15) is 4.79 Å². The van der Waals surface area contributed by atoms with Gasteiger partial charge in [-0.2, -0.15) is 5.26 Å². The molecular formula is C7H3ClN2OS. The van der Waals surface area contributed by atoms with Gasteiger partial charge in [0.25, 0.3) is 5.24 Å². The molecule has 0 unspecified atom stereocenters. The molecule has 0 radical (unpaired) electrons.